The average Bonchev–Trinajstić information content (AvgIpc) is 2.68. The minimum atomic E-state index is -3.67. The second-order valence-electron chi connectivity index (χ2n) is 3.53. The molecule has 2 rings (SSSR count). The molecule has 2 aromatic rings. The van der Waals surface area contributed by atoms with Crippen molar-refractivity contribution < 1.29 is 8.42 Å². The Kier molecular flexibility index (Phi) is 3.08. The van der Waals surface area contributed by atoms with Crippen molar-refractivity contribution >= 4 is 27.3 Å². The number of halogens is 1. The fraction of sp³-hybridized carbons (Fsp3) is 0.100. The minimum absolute atomic E-state index is 0.0472. The summed E-state index contributed by atoms with van der Waals surface area (Å²) in [6, 6.07) is 4.77. The number of anilines is 1. The fourth-order valence-corrected chi connectivity index (χ4v) is 2.98. The number of benzene rings is 1. The molecule has 0 aliphatic carbocycles. The Labute approximate surface area is 104 Å². The average molecular weight is 272 g/mol. The van der Waals surface area contributed by atoms with E-state index in [-0.39, 0.29) is 9.92 Å². The van der Waals surface area contributed by atoms with E-state index in [1.807, 2.05) is 6.92 Å². The van der Waals surface area contributed by atoms with Gasteiger partial charge in [-0.15, -0.1) is 0 Å². The van der Waals surface area contributed by atoms with Gasteiger partial charge in [-0.1, -0.05) is 17.7 Å². The molecule has 1 heterocycles. The summed E-state index contributed by atoms with van der Waals surface area (Å²) in [5, 5.41) is 6.36. The number of sulfonamides is 1. The van der Waals surface area contributed by atoms with Crippen molar-refractivity contribution in [1.82, 2.24) is 10.2 Å². The molecule has 0 amide bonds. The van der Waals surface area contributed by atoms with Gasteiger partial charge in [0.2, 0.25) is 0 Å². The number of aromatic amines is 1. The molecule has 0 bridgehead atoms. The Balaban J connectivity index is 2.38. The maximum atomic E-state index is 12.0. The molecule has 0 fully saturated rings. The van der Waals surface area contributed by atoms with E-state index in [1.54, 1.807) is 12.1 Å². The van der Waals surface area contributed by atoms with Crippen LogP contribution in [0.3, 0.4) is 0 Å². The lowest BCUT2D eigenvalue weighted by molar-refractivity contribution is 0.601. The highest BCUT2D eigenvalue weighted by Crippen LogP contribution is 2.24. The van der Waals surface area contributed by atoms with Crippen molar-refractivity contribution in [3.8, 4) is 0 Å². The summed E-state index contributed by atoms with van der Waals surface area (Å²) >= 11 is 5.91. The van der Waals surface area contributed by atoms with E-state index >= 15 is 0 Å². The highest BCUT2D eigenvalue weighted by molar-refractivity contribution is 7.92. The zero-order valence-corrected chi connectivity index (χ0v) is 10.5. The number of aromatic nitrogens is 2. The molecule has 0 unspecified atom stereocenters. The predicted octanol–water partition coefficient (Wildman–Crippen LogP) is 2.17. The van der Waals surface area contributed by atoms with Crippen molar-refractivity contribution in [2.75, 3.05) is 4.72 Å². The molecular formula is C10H10ClN3O2S. The van der Waals surface area contributed by atoms with E-state index in [9.17, 15) is 8.42 Å². The molecule has 0 saturated carbocycles. The van der Waals surface area contributed by atoms with Crippen LogP contribution in [-0.2, 0) is 10.0 Å². The predicted molar refractivity (Wildman–Crippen MR) is 65.6 cm³/mol. The SMILES string of the molecule is Cc1ccc(S(=O)(=O)Nc2cn[nH]c2)c(Cl)c1. The normalized spacial score (nSPS) is 11.4. The molecule has 90 valence electrons. The van der Waals surface area contributed by atoms with Crippen molar-refractivity contribution in [3.05, 3.63) is 41.2 Å². The largest absolute Gasteiger partial charge is 0.284 e. The number of hydrogen-bond donors (Lipinski definition) is 2. The molecule has 0 spiro atoms. The third kappa shape index (κ3) is 2.59. The number of rotatable bonds is 3. The van der Waals surface area contributed by atoms with Crippen LogP contribution < -0.4 is 4.72 Å². The van der Waals surface area contributed by atoms with Crippen LogP contribution in [0.15, 0.2) is 35.5 Å². The van der Waals surface area contributed by atoms with Gasteiger partial charge in [0.25, 0.3) is 10.0 Å². The first-order valence-electron chi connectivity index (χ1n) is 4.77. The van der Waals surface area contributed by atoms with Crippen molar-refractivity contribution in [3.63, 3.8) is 0 Å². The van der Waals surface area contributed by atoms with Gasteiger partial charge in [0.15, 0.2) is 0 Å². The molecule has 0 atom stereocenters. The molecule has 2 N–H and O–H groups in total. The number of hydrogen-bond acceptors (Lipinski definition) is 3. The number of aryl methyl sites for hydroxylation is 1. The zero-order valence-electron chi connectivity index (χ0n) is 8.94. The Morgan fingerprint density at radius 1 is 1.41 bits per heavy atom. The molecule has 0 radical (unpaired) electrons. The van der Waals surface area contributed by atoms with E-state index in [4.69, 9.17) is 11.6 Å². The van der Waals surface area contributed by atoms with Crippen LogP contribution in [-0.4, -0.2) is 18.6 Å². The van der Waals surface area contributed by atoms with Gasteiger partial charge in [0.05, 0.1) is 16.9 Å². The van der Waals surface area contributed by atoms with E-state index in [1.165, 1.54) is 18.5 Å². The second-order valence-corrected chi connectivity index (χ2v) is 5.58. The number of H-pyrrole nitrogens is 1. The third-order valence-electron chi connectivity index (χ3n) is 2.13. The molecular weight excluding hydrogens is 262 g/mol. The van der Waals surface area contributed by atoms with Crippen LogP contribution >= 0.6 is 11.6 Å². The molecule has 1 aromatic carbocycles. The van der Waals surface area contributed by atoms with Crippen LogP contribution in [0.1, 0.15) is 5.56 Å². The lowest BCUT2D eigenvalue weighted by atomic mass is 10.2. The molecule has 7 heteroatoms. The summed E-state index contributed by atoms with van der Waals surface area (Å²) in [7, 11) is -3.67. The van der Waals surface area contributed by atoms with Gasteiger partial charge < -0.3 is 0 Å². The summed E-state index contributed by atoms with van der Waals surface area (Å²) < 4.78 is 26.4. The first kappa shape index (κ1) is 11.9. The first-order chi connectivity index (χ1) is 7.99. The maximum absolute atomic E-state index is 12.0. The molecule has 5 nitrogen and oxygen atoms in total. The Bertz CT molecular complexity index is 623. The fourth-order valence-electron chi connectivity index (χ4n) is 1.34. The number of nitrogens with one attached hydrogen (secondary N) is 2. The Morgan fingerprint density at radius 3 is 2.76 bits per heavy atom. The summed E-state index contributed by atoms with van der Waals surface area (Å²) in [6.45, 7) is 1.84. The molecule has 0 saturated heterocycles. The minimum Gasteiger partial charge on any atom is -0.284 e. The standard InChI is InChI=1S/C10H10ClN3O2S/c1-7-2-3-10(9(11)4-7)17(15,16)14-8-5-12-13-6-8/h2-6,14H,1H3,(H,12,13). The first-order valence-corrected chi connectivity index (χ1v) is 6.63. The van der Waals surface area contributed by atoms with Gasteiger partial charge in [0, 0.05) is 6.20 Å². The van der Waals surface area contributed by atoms with Crippen LogP contribution in [0.25, 0.3) is 0 Å². The zero-order chi connectivity index (χ0) is 12.5. The lowest BCUT2D eigenvalue weighted by Crippen LogP contribution is -2.13. The Hall–Kier alpha value is -1.53. The third-order valence-corrected chi connectivity index (χ3v) is 3.99. The quantitative estimate of drug-likeness (QED) is 0.898. The highest BCUT2D eigenvalue weighted by atomic mass is 35.5. The maximum Gasteiger partial charge on any atom is 0.263 e. The summed E-state index contributed by atoms with van der Waals surface area (Å²) in [4.78, 5) is 0.0472. The summed E-state index contributed by atoms with van der Waals surface area (Å²) in [6.07, 6.45) is 2.82. The van der Waals surface area contributed by atoms with Gasteiger partial charge in [-0.05, 0) is 24.6 Å². The Morgan fingerprint density at radius 2 is 2.18 bits per heavy atom. The van der Waals surface area contributed by atoms with E-state index in [0.717, 1.165) is 5.56 Å². The van der Waals surface area contributed by atoms with E-state index in [2.05, 4.69) is 14.9 Å². The van der Waals surface area contributed by atoms with Crippen LogP contribution in [0.2, 0.25) is 5.02 Å². The summed E-state index contributed by atoms with van der Waals surface area (Å²) in [5.41, 5.74) is 1.26. The van der Waals surface area contributed by atoms with E-state index in [0.29, 0.717) is 5.69 Å². The molecule has 17 heavy (non-hydrogen) atoms. The van der Waals surface area contributed by atoms with Crippen LogP contribution in [0.5, 0.6) is 0 Å². The topological polar surface area (TPSA) is 74.8 Å². The molecule has 1 aromatic heterocycles. The van der Waals surface area contributed by atoms with Gasteiger partial charge >= 0.3 is 0 Å². The smallest absolute Gasteiger partial charge is 0.263 e. The van der Waals surface area contributed by atoms with Crippen LogP contribution in [0, 0.1) is 6.92 Å². The van der Waals surface area contributed by atoms with Crippen molar-refractivity contribution in [2.45, 2.75) is 11.8 Å². The van der Waals surface area contributed by atoms with Crippen LogP contribution in [0.4, 0.5) is 5.69 Å². The van der Waals surface area contributed by atoms with Crippen molar-refractivity contribution in [2.24, 2.45) is 0 Å². The lowest BCUT2D eigenvalue weighted by Gasteiger charge is -2.07. The monoisotopic (exact) mass is 271 g/mol. The van der Waals surface area contributed by atoms with Gasteiger partial charge in [-0.3, -0.25) is 9.82 Å². The van der Waals surface area contributed by atoms with Gasteiger partial charge in [-0.2, -0.15) is 5.10 Å². The second kappa shape index (κ2) is 4.38. The summed E-state index contributed by atoms with van der Waals surface area (Å²) in [5.74, 6) is 0. The number of nitrogens with zero attached hydrogens (tertiary/aromatic N) is 1. The molecule has 0 aliphatic heterocycles. The molecule has 0 aliphatic rings. The van der Waals surface area contributed by atoms with Gasteiger partial charge in [-0.25, -0.2) is 8.42 Å². The van der Waals surface area contributed by atoms with Crippen molar-refractivity contribution in [1.29, 1.82) is 0 Å². The van der Waals surface area contributed by atoms with Gasteiger partial charge in [0.1, 0.15) is 4.90 Å². The highest BCUT2D eigenvalue weighted by Gasteiger charge is 2.18. The van der Waals surface area contributed by atoms with E-state index < -0.39 is 10.0 Å².